The number of amides is 1. The minimum atomic E-state index is -1.15. The van der Waals surface area contributed by atoms with Gasteiger partial charge in [-0.05, 0) is 62.1 Å². The highest BCUT2D eigenvalue weighted by molar-refractivity contribution is 6.02. The fourth-order valence-corrected chi connectivity index (χ4v) is 2.93. The lowest BCUT2D eigenvalue weighted by Crippen LogP contribution is -2.49. The van der Waals surface area contributed by atoms with Gasteiger partial charge in [-0.25, -0.2) is 13.2 Å². The van der Waals surface area contributed by atoms with Gasteiger partial charge in [0, 0.05) is 31.4 Å². The molecule has 10 heteroatoms. The summed E-state index contributed by atoms with van der Waals surface area (Å²) in [4.78, 5) is 16.4. The second kappa shape index (κ2) is 12.9. The number of nitrogens with two attached hydrogens (primary N) is 2. The van der Waals surface area contributed by atoms with Crippen LogP contribution in [-0.4, -0.2) is 37.8 Å². The summed E-state index contributed by atoms with van der Waals surface area (Å²) in [5, 5.41) is 5.83. The molecule has 0 fully saturated rings. The molecule has 2 aromatic carbocycles. The Kier molecular flexibility index (Phi) is 10.3. The second-order valence-corrected chi connectivity index (χ2v) is 7.47. The first-order valence-electron chi connectivity index (χ1n) is 10.6. The fourth-order valence-electron chi connectivity index (χ4n) is 2.93. The highest BCUT2D eigenvalue weighted by atomic mass is 19.2. The first-order valence-corrected chi connectivity index (χ1v) is 10.6. The van der Waals surface area contributed by atoms with Crippen LogP contribution in [0.3, 0.4) is 0 Å². The summed E-state index contributed by atoms with van der Waals surface area (Å²) in [6.45, 7) is 5.03. The van der Waals surface area contributed by atoms with Gasteiger partial charge >= 0.3 is 0 Å². The van der Waals surface area contributed by atoms with E-state index in [1.165, 1.54) is 6.07 Å². The van der Waals surface area contributed by atoms with E-state index in [0.29, 0.717) is 37.3 Å². The maximum Gasteiger partial charge on any atom is 0.280 e. The highest BCUT2D eigenvalue weighted by Gasteiger charge is 2.16. The van der Waals surface area contributed by atoms with Crippen LogP contribution < -0.4 is 22.1 Å². The van der Waals surface area contributed by atoms with Gasteiger partial charge in [-0.3, -0.25) is 4.79 Å². The molecular formula is C23H30F3N5O2. The maximum absolute atomic E-state index is 13.8. The standard InChI is InChI=1S/C23H30F3N5O2/c1-3-33-10-4-9-29-23(31-22(32)16-7-8-17(24)19(26)12-16)30-21(28)13-20(27)15-6-5-14(2)18(25)11-15/h5-8,11-12,20-21H,3-4,9-10,13,27-28H2,1-2H3,(H2,29,30,31,32). The van der Waals surface area contributed by atoms with Crippen molar-refractivity contribution in [1.82, 2.24) is 10.6 Å². The predicted octanol–water partition coefficient (Wildman–Crippen LogP) is 2.89. The van der Waals surface area contributed by atoms with Gasteiger partial charge in [-0.1, -0.05) is 12.1 Å². The number of halogens is 3. The Morgan fingerprint density at radius 3 is 2.52 bits per heavy atom. The Morgan fingerprint density at radius 2 is 1.85 bits per heavy atom. The van der Waals surface area contributed by atoms with Crippen LogP contribution in [0.4, 0.5) is 13.2 Å². The lowest BCUT2D eigenvalue weighted by Gasteiger charge is -2.21. The summed E-state index contributed by atoms with van der Waals surface area (Å²) in [5.74, 6) is -3.31. The molecule has 2 unspecified atom stereocenters. The fraction of sp³-hybridized carbons (Fsp3) is 0.391. The normalized spacial score (nSPS) is 13.5. The first-order chi connectivity index (χ1) is 15.7. The molecule has 0 saturated heterocycles. The summed E-state index contributed by atoms with van der Waals surface area (Å²) < 4.78 is 45.8. The van der Waals surface area contributed by atoms with Gasteiger partial charge in [-0.2, -0.15) is 4.99 Å². The van der Waals surface area contributed by atoms with Gasteiger partial charge in [0.25, 0.3) is 5.91 Å². The van der Waals surface area contributed by atoms with E-state index in [9.17, 15) is 18.0 Å². The van der Waals surface area contributed by atoms with Crippen molar-refractivity contribution in [1.29, 1.82) is 0 Å². The third-order valence-electron chi connectivity index (χ3n) is 4.80. The highest BCUT2D eigenvalue weighted by Crippen LogP contribution is 2.18. The van der Waals surface area contributed by atoms with Crippen molar-refractivity contribution in [3.8, 4) is 0 Å². The third kappa shape index (κ3) is 8.49. The number of nitrogens with zero attached hydrogens (tertiary/aromatic N) is 1. The SMILES string of the molecule is CCOCCCN/C(=N/C(=O)c1ccc(F)c(F)c1)NC(N)CC(N)c1ccc(C)c(F)c1. The van der Waals surface area contributed by atoms with Crippen molar-refractivity contribution in [3.05, 3.63) is 70.5 Å². The summed E-state index contributed by atoms with van der Waals surface area (Å²) in [7, 11) is 0. The Labute approximate surface area is 191 Å². The van der Waals surface area contributed by atoms with E-state index in [4.69, 9.17) is 16.2 Å². The summed E-state index contributed by atoms with van der Waals surface area (Å²) >= 11 is 0. The Morgan fingerprint density at radius 1 is 1.09 bits per heavy atom. The molecule has 1 amide bonds. The monoisotopic (exact) mass is 465 g/mol. The number of nitrogens with one attached hydrogen (secondary N) is 2. The van der Waals surface area contributed by atoms with Crippen LogP contribution in [0.15, 0.2) is 41.4 Å². The van der Waals surface area contributed by atoms with E-state index >= 15 is 0 Å². The van der Waals surface area contributed by atoms with Crippen LogP contribution in [0.1, 0.15) is 47.3 Å². The topological polar surface area (TPSA) is 115 Å². The number of rotatable bonds is 10. The van der Waals surface area contributed by atoms with Gasteiger partial charge in [0.15, 0.2) is 11.6 Å². The lowest BCUT2D eigenvalue weighted by molar-refractivity contribution is 0.100. The molecule has 0 heterocycles. The molecule has 0 saturated carbocycles. The van der Waals surface area contributed by atoms with E-state index in [2.05, 4.69) is 15.6 Å². The first kappa shape index (κ1) is 26.3. The molecule has 0 aliphatic carbocycles. The molecule has 0 radical (unpaired) electrons. The van der Waals surface area contributed by atoms with Gasteiger partial charge in [-0.15, -0.1) is 0 Å². The average Bonchev–Trinajstić information content (AvgIpc) is 2.77. The molecule has 2 atom stereocenters. The third-order valence-corrected chi connectivity index (χ3v) is 4.80. The van der Waals surface area contributed by atoms with Crippen molar-refractivity contribution in [3.63, 3.8) is 0 Å². The van der Waals surface area contributed by atoms with Gasteiger partial charge in [0.2, 0.25) is 5.96 Å². The Hall–Kier alpha value is -2.95. The van der Waals surface area contributed by atoms with Crippen LogP contribution in [0.2, 0.25) is 0 Å². The average molecular weight is 466 g/mol. The molecule has 2 rings (SSSR count). The minimum Gasteiger partial charge on any atom is -0.382 e. The number of benzene rings is 2. The van der Waals surface area contributed by atoms with Gasteiger partial charge < -0.3 is 26.8 Å². The molecule has 7 nitrogen and oxygen atoms in total. The molecule has 2 aromatic rings. The quantitative estimate of drug-likeness (QED) is 0.186. The molecule has 0 spiro atoms. The zero-order chi connectivity index (χ0) is 24.4. The number of aliphatic imine (C=N–C) groups is 1. The van der Waals surface area contributed by atoms with E-state index in [1.807, 2.05) is 6.92 Å². The number of hydrogen-bond donors (Lipinski definition) is 4. The number of guanidine groups is 1. The zero-order valence-corrected chi connectivity index (χ0v) is 18.7. The predicted molar refractivity (Wildman–Crippen MR) is 121 cm³/mol. The Bertz CT molecular complexity index is 971. The van der Waals surface area contributed by atoms with Crippen molar-refractivity contribution in [2.75, 3.05) is 19.8 Å². The van der Waals surface area contributed by atoms with Gasteiger partial charge in [0.05, 0.1) is 6.17 Å². The lowest BCUT2D eigenvalue weighted by atomic mass is 10.0. The summed E-state index contributed by atoms with van der Waals surface area (Å²) in [5.41, 5.74) is 13.3. The second-order valence-electron chi connectivity index (χ2n) is 7.47. The molecule has 0 aliphatic heterocycles. The van der Waals surface area contributed by atoms with Crippen molar-refractivity contribution < 1.29 is 22.7 Å². The van der Waals surface area contributed by atoms with Crippen molar-refractivity contribution >= 4 is 11.9 Å². The number of carbonyl (C=O) groups excluding carboxylic acids is 1. The van der Waals surface area contributed by atoms with Crippen LogP contribution in [0, 0.1) is 24.4 Å². The van der Waals surface area contributed by atoms with E-state index < -0.39 is 29.7 Å². The van der Waals surface area contributed by atoms with Crippen LogP contribution >= 0.6 is 0 Å². The molecule has 6 N–H and O–H groups in total. The zero-order valence-electron chi connectivity index (χ0n) is 18.7. The largest absolute Gasteiger partial charge is 0.382 e. The van der Waals surface area contributed by atoms with Crippen LogP contribution in [-0.2, 0) is 4.74 Å². The molecular weight excluding hydrogens is 435 g/mol. The van der Waals surface area contributed by atoms with E-state index in [-0.39, 0.29) is 23.8 Å². The number of carbonyl (C=O) groups is 1. The Balaban J connectivity index is 2.09. The molecule has 0 bridgehead atoms. The maximum atomic E-state index is 13.8. The summed E-state index contributed by atoms with van der Waals surface area (Å²) in [6, 6.07) is 6.92. The summed E-state index contributed by atoms with van der Waals surface area (Å²) in [6.07, 6.45) is 0.104. The number of aryl methyl sites for hydroxylation is 1. The molecule has 0 aliphatic rings. The molecule has 33 heavy (non-hydrogen) atoms. The number of hydrogen-bond acceptors (Lipinski definition) is 4. The number of ether oxygens (including phenoxy) is 1. The minimum absolute atomic E-state index is 0.0519. The van der Waals surface area contributed by atoms with E-state index in [1.54, 1.807) is 19.1 Å². The molecule has 180 valence electrons. The van der Waals surface area contributed by atoms with Crippen molar-refractivity contribution in [2.45, 2.75) is 38.9 Å². The van der Waals surface area contributed by atoms with E-state index in [0.717, 1.165) is 18.2 Å². The van der Waals surface area contributed by atoms with Crippen LogP contribution in [0.25, 0.3) is 0 Å². The molecule has 0 aromatic heterocycles. The smallest absolute Gasteiger partial charge is 0.280 e. The van der Waals surface area contributed by atoms with Gasteiger partial charge in [0.1, 0.15) is 5.82 Å². The van der Waals surface area contributed by atoms with Crippen molar-refractivity contribution in [2.24, 2.45) is 16.5 Å². The van der Waals surface area contributed by atoms with Crippen LogP contribution in [0.5, 0.6) is 0 Å².